The van der Waals surface area contributed by atoms with Crippen molar-refractivity contribution in [2.75, 3.05) is 21.3 Å². The summed E-state index contributed by atoms with van der Waals surface area (Å²) in [6, 6.07) is 2.65. The zero-order chi connectivity index (χ0) is 14.4. The monoisotopic (exact) mass is 267 g/mol. The highest BCUT2D eigenvalue weighted by molar-refractivity contribution is 5.88. The summed E-state index contributed by atoms with van der Waals surface area (Å²) >= 11 is 0. The summed E-state index contributed by atoms with van der Waals surface area (Å²) in [4.78, 5) is 21.4. The molecule has 7 heteroatoms. The van der Waals surface area contributed by atoms with Gasteiger partial charge in [-0.1, -0.05) is 0 Å². The highest BCUT2D eigenvalue weighted by Gasteiger charge is 2.17. The topological polar surface area (TPSA) is 87.9 Å². The quantitative estimate of drug-likeness (QED) is 0.350. The molecule has 0 atom stereocenters. The molecule has 0 aromatic heterocycles. The van der Waals surface area contributed by atoms with Crippen molar-refractivity contribution in [3.63, 3.8) is 0 Å². The van der Waals surface area contributed by atoms with Crippen molar-refractivity contribution >= 4 is 17.7 Å². The first-order chi connectivity index (χ1) is 9.03. The fourth-order valence-electron chi connectivity index (χ4n) is 1.40. The lowest BCUT2D eigenvalue weighted by Crippen LogP contribution is -1.98. The molecule has 0 bridgehead atoms. The Kier molecular flexibility index (Phi) is 4.87. The molecule has 0 saturated heterocycles. The van der Waals surface area contributed by atoms with Crippen molar-refractivity contribution in [2.45, 2.75) is 0 Å². The van der Waals surface area contributed by atoms with Crippen LogP contribution in [0.2, 0.25) is 0 Å². The molecular formula is C12H13NO6. The van der Waals surface area contributed by atoms with E-state index in [1.807, 2.05) is 0 Å². The van der Waals surface area contributed by atoms with Gasteiger partial charge in [-0.3, -0.25) is 10.1 Å². The molecule has 0 N–H and O–H groups in total. The predicted octanol–water partition coefficient (Wildman–Crippen LogP) is 1.80. The molecule has 0 aliphatic carbocycles. The third-order valence-electron chi connectivity index (χ3n) is 2.33. The number of esters is 1. The largest absolute Gasteiger partial charge is 0.493 e. The van der Waals surface area contributed by atoms with Crippen LogP contribution in [-0.4, -0.2) is 32.2 Å². The summed E-state index contributed by atoms with van der Waals surface area (Å²) in [6.45, 7) is 0. The Morgan fingerprint density at radius 3 is 2.26 bits per heavy atom. The molecular weight excluding hydrogens is 254 g/mol. The van der Waals surface area contributed by atoms with Crippen LogP contribution < -0.4 is 9.47 Å². The molecule has 0 radical (unpaired) electrons. The van der Waals surface area contributed by atoms with Crippen molar-refractivity contribution in [3.05, 3.63) is 33.9 Å². The van der Waals surface area contributed by atoms with Crippen LogP contribution in [0, 0.1) is 10.1 Å². The minimum atomic E-state index is -0.607. The number of carbonyl (C=O) groups excluding carboxylic acids is 1. The second-order valence-electron chi connectivity index (χ2n) is 3.38. The minimum Gasteiger partial charge on any atom is -0.493 e. The zero-order valence-electron chi connectivity index (χ0n) is 10.7. The first kappa shape index (κ1) is 14.5. The number of carbonyl (C=O) groups is 1. The van der Waals surface area contributed by atoms with E-state index in [1.165, 1.54) is 39.5 Å². The Labute approximate surface area is 109 Å². The number of benzene rings is 1. The molecule has 102 valence electrons. The van der Waals surface area contributed by atoms with Crippen LogP contribution in [0.15, 0.2) is 18.2 Å². The molecule has 19 heavy (non-hydrogen) atoms. The molecule has 0 aliphatic heterocycles. The number of hydrogen-bond donors (Lipinski definition) is 0. The van der Waals surface area contributed by atoms with Crippen LogP contribution in [0.4, 0.5) is 5.69 Å². The van der Waals surface area contributed by atoms with Gasteiger partial charge in [0.25, 0.3) is 5.69 Å². The van der Waals surface area contributed by atoms with Gasteiger partial charge in [0, 0.05) is 6.08 Å². The fourth-order valence-corrected chi connectivity index (χ4v) is 1.40. The number of nitro groups is 1. The Morgan fingerprint density at radius 1 is 1.21 bits per heavy atom. The molecule has 1 rings (SSSR count). The van der Waals surface area contributed by atoms with Crippen LogP contribution in [0.3, 0.4) is 0 Å². The molecule has 0 aliphatic rings. The van der Waals surface area contributed by atoms with Gasteiger partial charge in [0.05, 0.1) is 37.9 Å². The summed E-state index contributed by atoms with van der Waals surface area (Å²) in [6.07, 6.45) is 2.38. The van der Waals surface area contributed by atoms with Crippen LogP contribution >= 0.6 is 0 Å². The summed E-state index contributed by atoms with van der Waals surface area (Å²) in [5, 5.41) is 11.0. The number of ether oxygens (including phenoxy) is 3. The van der Waals surface area contributed by atoms with Gasteiger partial charge in [-0.15, -0.1) is 0 Å². The molecule has 0 spiro atoms. The van der Waals surface area contributed by atoms with Crippen molar-refractivity contribution in [1.29, 1.82) is 0 Å². The fraction of sp³-hybridized carbons (Fsp3) is 0.250. The maximum Gasteiger partial charge on any atom is 0.330 e. The first-order valence-electron chi connectivity index (χ1n) is 5.20. The van der Waals surface area contributed by atoms with Gasteiger partial charge >= 0.3 is 5.97 Å². The highest BCUT2D eigenvalue weighted by atomic mass is 16.6. The number of methoxy groups -OCH3 is 3. The Hall–Kier alpha value is -2.57. The lowest BCUT2D eigenvalue weighted by molar-refractivity contribution is -0.385. The first-order valence-corrected chi connectivity index (χ1v) is 5.20. The second kappa shape index (κ2) is 6.39. The number of nitrogens with zero attached hydrogens (tertiary/aromatic N) is 1. The maximum absolute atomic E-state index is 11.0. The Balaban J connectivity index is 3.31. The van der Waals surface area contributed by atoms with Crippen molar-refractivity contribution in [3.8, 4) is 11.5 Å². The van der Waals surface area contributed by atoms with E-state index in [0.717, 1.165) is 6.08 Å². The van der Waals surface area contributed by atoms with E-state index < -0.39 is 10.9 Å². The normalized spacial score (nSPS) is 10.3. The van der Waals surface area contributed by atoms with Crippen LogP contribution in [0.1, 0.15) is 5.56 Å². The smallest absolute Gasteiger partial charge is 0.330 e. The number of nitro benzene ring substituents is 1. The Bertz CT molecular complexity index is 523. The van der Waals surface area contributed by atoms with Crippen molar-refractivity contribution in [2.24, 2.45) is 0 Å². The summed E-state index contributed by atoms with van der Waals surface area (Å²) in [5.74, 6) is -0.0360. The molecule has 0 saturated carbocycles. The van der Waals surface area contributed by atoms with Gasteiger partial charge in [-0.05, 0) is 12.1 Å². The molecule has 1 aromatic rings. The average molecular weight is 267 g/mol. The standard InChI is InChI=1S/C12H13NO6/c1-17-10-6-8(4-5-12(14)19-3)9(13(15)16)7-11(10)18-2/h4-7H,1-3H3/b5-4+. The van der Waals surface area contributed by atoms with Gasteiger partial charge in [0.1, 0.15) is 0 Å². The molecule has 7 nitrogen and oxygen atoms in total. The van der Waals surface area contributed by atoms with Gasteiger partial charge in [-0.25, -0.2) is 4.79 Å². The van der Waals surface area contributed by atoms with E-state index in [9.17, 15) is 14.9 Å². The third kappa shape index (κ3) is 3.44. The van der Waals surface area contributed by atoms with E-state index in [0.29, 0.717) is 5.75 Å². The summed E-state index contributed by atoms with van der Waals surface area (Å²) < 4.78 is 14.5. The second-order valence-corrected chi connectivity index (χ2v) is 3.38. The lowest BCUT2D eigenvalue weighted by atomic mass is 10.1. The summed E-state index contributed by atoms with van der Waals surface area (Å²) in [5.41, 5.74) is 0.0193. The van der Waals surface area contributed by atoms with Gasteiger partial charge in [0.2, 0.25) is 0 Å². The van der Waals surface area contributed by atoms with Crippen molar-refractivity contribution in [1.82, 2.24) is 0 Å². The third-order valence-corrected chi connectivity index (χ3v) is 2.33. The number of rotatable bonds is 5. The highest BCUT2D eigenvalue weighted by Crippen LogP contribution is 2.35. The van der Waals surface area contributed by atoms with Crippen LogP contribution in [0.5, 0.6) is 11.5 Å². The molecule has 0 amide bonds. The van der Waals surface area contributed by atoms with Crippen LogP contribution in [0.25, 0.3) is 6.08 Å². The van der Waals surface area contributed by atoms with E-state index in [4.69, 9.17) is 9.47 Å². The van der Waals surface area contributed by atoms with E-state index in [1.54, 1.807) is 0 Å². The van der Waals surface area contributed by atoms with Crippen LogP contribution in [-0.2, 0) is 9.53 Å². The molecule has 0 heterocycles. The molecule has 0 fully saturated rings. The number of hydrogen-bond acceptors (Lipinski definition) is 6. The zero-order valence-corrected chi connectivity index (χ0v) is 10.7. The summed E-state index contributed by atoms with van der Waals surface area (Å²) in [7, 11) is 4.01. The maximum atomic E-state index is 11.0. The SMILES string of the molecule is COC(=O)/C=C/c1cc(OC)c(OC)cc1[N+](=O)[O-]. The minimum absolute atomic E-state index is 0.196. The molecule has 1 aromatic carbocycles. The van der Waals surface area contributed by atoms with E-state index >= 15 is 0 Å². The van der Waals surface area contributed by atoms with E-state index in [2.05, 4.69) is 4.74 Å². The van der Waals surface area contributed by atoms with Gasteiger partial charge in [0.15, 0.2) is 11.5 Å². The van der Waals surface area contributed by atoms with Gasteiger partial charge in [-0.2, -0.15) is 0 Å². The Morgan fingerprint density at radius 2 is 1.79 bits per heavy atom. The molecule has 0 unspecified atom stereocenters. The van der Waals surface area contributed by atoms with E-state index in [-0.39, 0.29) is 17.0 Å². The average Bonchev–Trinajstić information content (AvgIpc) is 2.43. The predicted molar refractivity (Wildman–Crippen MR) is 67.3 cm³/mol. The van der Waals surface area contributed by atoms with Crippen molar-refractivity contribution < 1.29 is 23.9 Å². The lowest BCUT2D eigenvalue weighted by Gasteiger charge is -2.08. The van der Waals surface area contributed by atoms with Gasteiger partial charge < -0.3 is 14.2 Å².